The summed E-state index contributed by atoms with van der Waals surface area (Å²) in [5.41, 5.74) is 1.21. The smallest absolute Gasteiger partial charge is 0.252 e. The van der Waals surface area contributed by atoms with Crippen molar-refractivity contribution >= 4 is 11.8 Å². The molecule has 1 aromatic heterocycles. The van der Waals surface area contributed by atoms with E-state index in [-0.39, 0.29) is 11.8 Å². The summed E-state index contributed by atoms with van der Waals surface area (Å²) in [6, 6.07) is 3.39. The molecule has 0 fully saturated rings. The van der Waals surface area contributed by atoms with Crippen molar-refractivity contribution in [2.24, 2.45) is 0 Å². The van der Waals surface area contributed by atoms with Gasteiger partial charge in [0.25, 0.3) is 5.91 Å². The van der Waals surface area contributed by atoms with Gasteiger partial charge in [0.1, 0.15) is 0 Å². The highest BCUT2D eigenvalue weighted by molar-refractivity contribution is 5.94. The number of nitrogens with one attached hydrogen (secondary N) is 2. The van der Waals surface area contributed by atoms with E-state index in [2.05, 4.69) is 15.6 Å². The number of amides is 2. The summed E-state index contributed by atoms with van der Waals surface area (Å²) in [6.07, 6.45) is 5.81. The largest absolute Gasteiger partial charge is 0.351 e. The Morgan fingerprint density at radius 1 is 1.32 bits per heavy atom. The number of hydrogen-bond donors (Lipinski definition) is 2. The van der Waals surface area contributed by atoms with E-state index in [9.17, 15) is 9.59 Å². The average molecular weight is 261 g/mol. The molecule has 0 atom stereocenters. The fourth-order valence-electron chi connectivity index (χ4n) is 1.49. The van der Waals surface area contributed by atoms with E-state index in [1.807, 2.05) is 13.0 Å². The van der Waals surface area contributed by atoms with Crippen molar-refractivity contribution in [3.05, 3.63) is 41.7 Å². The van der Waals surface area contributed by atoms with Gasteiger partial charge >= 0.3 is 0 Å². The van der Waals surface area contributed by atoms with E-state index in [0.717, 1.165) is 6.42 Å². The summed E-state index contributed by atoms with van der Waals surface area (Å²) in [6.45, 7) is 4.54. The lowest BCUT2D eigenvalue weighted by atomic mass is 10.2. The first-order valence-corrected chi connectivity index (χ1v) is 6.28. The molecule has 102 valence electrons. The van der Waals surface area contributed by atoms with E-state index in [4.69, 9.17) is 0 Å². The normalized spacial score (nSPS) is 10.9. The van der Waals surface area contributed by atoms with Crippen molar-refractivity contribution in [3.8, 4) is 0 Å². The first-order chi connectivity index (χ1) is 9.15. The van der Waals surface area contributed by atoms with Crippen molar-refractivity contribution in [2.75, 3.05) is 13.1 Å². The van der Waals surface area contributed by atoms with Gasteiger partial charge in [0, 0.05) is 31.1 Å². The zero-order valence-electron chi connectivity index (χ0n) is 11.3. The predicted molar refractivity (Wildman–Crippen MR) is 73.6 cm³/mol. The van der Waals surface area contributed by atoms with Crippen LogP contribution in [0.2, 0.25) is 0 Å². The van der Waals surface area contributed by atoms with Gasteiger partial charge < -0.3 is 10.6 Å². The van der Waals surface area contributed by atoms with Gasteiger partial charge in [0.05, 0.1) is 5.56 Å². The van der Waals surface area contributed by atoms with Crippen LogP contribution in [-0.4, -0.2) is 29.9 Å². The maximum Gasteiger partial charge on any atom is 0.252 e. The molecule has 0 saturated heterocycles. The summed E-state index contributed by atoms with van der Waals surface area (Å²) in [5, 5.41) is 5.45. The highest BCUT2D eigenvalue weighted by Gasteiger charge is 2.05. The summed E-state index contributed by atoms with van der Waals surface area (Å²) in [4.78, 5) is 27.1. The van der Waals surface area contributed by atoms with Crippen LogP contribution < -0.4 is 10.6 Å². The molecule has 2 amide bonds. The molecular weight excluding hydrogens is 242 g/mol. The number of carbonyl (C=O) groups is 2. The zero-order valence-corrected chi connectivity index (χ0v) is 11.3. The Kier molecular flexibility index (Phi) is 6.29. The Morgan fingerprint density at radius 3 is 2.68 bits per heavy atom. The topological polar surface area (TPSA) is 71.1 Å². The fourth-order valence-corrected chi connectivity index (χ4v) is 1.49. The SMILES string of the molecule is CCC=C(C)C(=O)NCCNC(=O)c1cccnc1. The Balaban J connectivity index is 2.27. The Hall–Kier alpha value is -2.17. The quantitative estimate of drug-likeness (QED) is 0.598. The van der Waals surface area contributed by atoms with Gasteiger partial charge in [0.2, 0.25) is 5.91 Å². The van der Waals surface area contributed by atoms with Gasteiger partial charge in [-0.2, -0.15) is 0 Å². The third-order valence-corrected chi connectivity index (χ3v) is 2.49. The van der Waals surface area contributed by atoms with Crippen LogP contribution in [-0.2, 0) is 4.79 Å². The van der Waals surface area contributed by atoms with Crippen LogP contribution in [0.3, 0.4) is 0 Å². The van der Waals surface area contributed by atoms with Gasteiger partial charge in [-0.25, -0.2) is 0 Å². The summed E-state index contributed by atoms with van der Waals surface area (Å²) >= 11 is 0. The minimum absolute atomic E-state index is 0.0996. The number of hydrogen-bond acceptors (Lipinski definition) is 3. The molecule has 5 heteroatoms. The Labute approximate surface area is 113 Å². The van der Waals surface area contributed by atoms with Crippen molar-refractivity contribution in [1.82, 2.24) is 15.6 Å². The minimum Gasteiger partial charge on any atom is -0.351 e. The summed E-state index contributed by atoms with van der Waals surface area (Å²) in [7, 11) is 0. The minimum atomic E-state index is -0.192. The van der Waals surface area contributed by atoms with Crippen molar-refractivity contribution in [3.63, 3.8) is 0 Å². The molecule has 1 heterocycles. The van der Waals surface area contributed by atoms with E-state index in [1.165, 1.54) is 6.20 Å². The first kappa shape index (κ1) is 14.9. The highest BCUT2D eigenvalue weighted by Crippen LogP contribution is 1.95. The molecule has 0 bridgehead atoms. The Bertz CT molecular complexity index is 455. The predicted octanol–water partition coefficient (Wildman–Crippen LogP) is 1.28. The van der Waals surface area contributed by atoms with Gasteiger partial charge in [-0.15, -0.1) is 0 Å². The van der Waals surface area contributed by atoms with E-state index < -0.39 is 0 Å². The maximum atomic E-state index is 11.7. The molecule has 0 aliphatic heterocycles. The lowest BCUT2D eigenvalue weighted by molar-refractivity contribution is -0.117. The van der Waals surface area contributed by atoms with Gasteiger partial charge in [-0.05, 0) is 25.5 Å². The van der Waals surface area contributed by atoms with E-state index >= 15 is 0 Å². The average Bonchev–Trinajstić information content (AvgIpc) is 2.44. The highest BCUT2D eigenvalue weighted by atomic mass is 16.2. The van der Waals surface area contributed by atoms with Crippen molar-refractivity contribution in [2.45, 2.75) is 20.3 Å². The second kappa shape index (κ2) is 8.02. The molecule has 2 N–H and O–H groups in total. The van der Waals surface area contributed by atoms with E-state index in [0.29, 0.717) is 24.2 Å². The number of allylic oxidation sites excluding steroid dienone is 1. The van der Waals surface area contributed by atoms with Crippen LogP contribution in [0.15, 0.2) is 36.2 Å². The van der Waals surface area contributed by atoms with Gasteiger partial charge in [0.15, 0.2) is 0 Å². The number of nitrogens with zero attached hydrogens (tertiary/aromatic N) is 1. The number of rotatable bonds is 6. The fraction of sp³-hybridized carbons (Fsp3) is 0.357. The molecule has 1 rings (SSSR count). The molecule has 0 aliphatic carbocycles. The molecular formula is C14H19N3O2. The zero-order chi connectivity index (χ0) is 14.1. The van der Waals surface area contributed by atoms with E-state index in [1.54, 1.807) is 25.3 Å². The molecule has 0 aromatic carbocycles. The third kappa shape index (κ3) is 5.33. The molecule has 0 radical (unpaired) electrons. The van der Waals surface area contributed by atoms with Gasteiger partial charge in [-0.1, -0.05) is 13.0 Å². The van der Waals surface area contributed by atoms with Crippen molar-refractivity contribution in [1.29, 1.82) is 0 Å². The third-order valence-electron chi connectivity index (χ3n) is 2.49. The molecule has 0 spiro atoms. The molecule has 19 heavy (non-hydrogen) atoms. The van der Waals surface area contributed by atoms with Crippen LogP contribution in [0, 0.1) is 0 Å². The molecule has 0 unspecified atom stereocenters. The van der Waals surface area contributed by atoms with Crippen molar-refractivity contribution < 1.29 is 9.59 Å². The van der Waals surface area contributed by atoms with Crippen LogP contribution in [0.1, 0.15) is 30.6 Å². The summed E-state index contributed by atoms with van der Waals surface area (Å²) < 4.78 is 0. The molecule has 5 nitrogen and oxygen atoms in total. The summed E-state index contributed by atoms with van der Waals surface area (Å²) in [5.74, 6) is -0.291. The number of pyridine rings is 1. The maximum absolute atomic E-state index is 11.7. The Morgan fingerprint density at radius 2 is 2.05 bits per heavy atom. The van der Waals surface area contributed by atoms with Gasteiger partial charge in [-0.3, -0.25) is 14.6 Å². The second-order valence-electron chi connectivity index (χ2n) is 4.05. The number of aromatic nitrogens is 1. The second-order valence-corrected chi connectivity index (χ2v) is 4.05. The molecule has 1 aromatic rings. The monoisotopic (exact) mass is 261 g/mol. The first-order valence-electron chi connectivity index (χ1n) is 6.28. The lowest BCUT2D eigenvalue weighted by Crippen LogP contribution is -2.35. The standard InChI is InChI=1S/C14H19N3O2/c1-3-5-11(2)13(18)16-8-9-17-14(19)12-6-4-7-15-10-12/h4-7,10H,3,8-9H2,1-2H3,(H,16,18)(H,17,19). The number of carbonyl (C=O) groups excluding carboxylic acids is 2. The van der Waals surface area contributed by atoms with Crippen LogP contribution in [0.5, 0.6) is 0 Å². The molecule has 0 saturated carbocycles. The van der Waals surface area contributed by atoms with Crippen LogP contribution in [0.4, 0.5) is 0 Å². The lowest BCUT2D eigenvalue weighted by Gasteiger charge is -2.07. The van der Waals surface area contributed by atoms with Crippen LogP contribution >= 0.6 is 0 Å². The molecule has 0 aliphatic rings. The van der Waals surface area contributed by atoms with Crippen LogP contribution in [0.25, 0.3) is 0 Å².